The second-order valence-corrected chi connectivity index (χ2v) is 6.41. The van der Waals surface area contributed by atoms with Crippen LogP contribution in [0.4, 0.5) is 27.9 Å². The van der Waals surface area contributed by atoms with E-state index >= 15 is 0 Å². The lowest BCUT2D eigenvalue weighted by molar-refractivity contribution is -0.384. The molecule has 0 fully saturated rings. The van der Waals surface area contributed by atoms with Crippen LogP contribution in [0.2, 0.25) is 0 Å². The first-order valence-corrected chi connectivity index (χ1v) is 8.86. The summed E-state index contributed by atoms with van der Waals surface area (Å²) >= 11 is 0. The van der Waals surface area contributed by atoms with Crippen LogP contribution in [0.15, 0.2) is 48.5 Å². The summed E-state index contributed by atoms with van der Waals surface area (Å²) in [7, 11) is 0. The highest BCUT2D eigenvalue weighted by molar-refractivity contribution is 5.44. The second kappa shape index (κ2) is 8.46. The summed E-state index contributed by atoms with van der Waals surface area (Å²) in [4.78, 5) is 24.4. The largest absolute Gasteiger partial charge is 0.368 e. The number of halogens is 1. The number of nitro groups is 1. The minimum atomic E-state index is -0.461. The zero-order chi connectivity index (χ0) is 21.0. The number of aromatic nitrogens is 3. The monoisotopic (exact) mass is 397 g/mol. The Hall–Kier alpha value is -3.82. The van der Waals surface area contributed by atoms with Crippen LogP contribution in [0.1, 0.15) is 24.1 Å². The number of nitro benzene ring substituents is 1. The molecule has 0 saturated carbocycles. The Morgan fingerprint density at radius 1 is 1.07 bits per heavy atom. The molecule has 0 unspecified atom stereocenters. The molecule has 0 aliphatic heterocycles. The number of anilines is 3. The van der Waals surface area contributed by atoms with Crippen molar-refractivity contribution in [1.29, 1.82) is 0 Å². The van der Waals surface area contributed by atoms with E-state index in [1.807, 2.05) is 11.8 Å². The highest BCUT2D eigenvalue weighted by atomic mass is 19.1. The molecule has 0 amide bonds. The van der Waals surface area contributed by atoms with Gasteiger partial charge in [-0.1, -0.05) is 30.3 Å². The molecule has 3 aromatic rings. The second-order valence-electron chi connectivity index (χ2n) is 6.41. The van der Waals surface area contributed by atoms with Gasteiger partial charge in [0.1, 0.15) is 5.82 Å². The van der Waals surface area contributed by atoms with E-state index in [2.05, 4.69) is 15.0 Å². The minimum Gasteiger partial charge on any atom is -0.368 e. The van der Waals surface area contributed by atoms with E-state index in [0.717, 1.165) is 5.56 Å². The molecule has 0 bridgehead atoms. The zero-order valence-electron chi connectivity index (χ0n) is 15.7. The molecule has 2 aromatic carbocycles. The lowest BCUT2D eigenvalue weighted by atomic mass is 10.1. The summed E-state index contributed by atoms with van der Waals surface area (Å²) in [6.07, 6.45) is 0.384. The fourth-order valence-corrected chi connectivity index (χ4v) is 2.99. The van der Waals surface area contributed by atoms with Crippen molar-refractivity contribution in [1.82, 2.24) is 15.0 Å². The van der Waals surface area contributed by atoms with Gasteiger partial charge in [0.15, 0.2) is 0 Å². The number of nitrogens with two attached hydrogens (primary N) is 2. The highest BCUT2D eigenvalue weighted by Crippen LogP contribution is 2.27. The Bertz CT molecular complexity index is 993. The molecular weight excluding hydrogens is 377 g/mol. The molecule has 0 spiro atoms. The summed E-state index contributed by atoms with van der Waals surface area (Å²) in [5, 5.41) is 10.9. The molecule has 10 heteroatoms. The van der Waals surface area contributed by atoms with Gasteiger partial charge < -0.3 is 16.4 Å². The molecule has 0 aliphatic rings. The third-order valence-electron chi connectivity index (χ3n) is 4.55. The number of hydrogen-bond acceptors (Lipinski definition) is 8. The molecule has 1 atom stereocenters. The van der Waals surface area contributed by atoms with Crippen molar-refractivity contribution in [3.8, 4) is 0 Å². The van der Waals surface area contributed by atoms with Gasteiger partial charge in [0.2, 0.25) is 17.8 Å². The molecule has 1 aromatic heterocycles. The normalized spacial score (nSPS) is 11.8. The molecule has 9 nitrogen and oxygen atoms in total. The smallest absolute Gasteiger partial charge is 0.269 e. The maximum absolute atomic E-state index is 14.1. The van der Waals surface area contributed by atoms with Crippen LogP contribution in [0.5, 0.6) is 0 Å². The van der Waals surface area contributed by atoms with Crippen molar-refractivity contribution in [2.24, 2.45) is 0 Å². The summed E-state index contributed by atoms with van der Waals surface area (Å²) in [5.74, 6) is -0.110. The highest BCUT2D eigenvalue weighted by Gasteiger charge is 2.21. The Balaban J connectivity index is 1.92. The summed E-state index contributed by atoms with van der Waals surface area (Å²) in [5.41, 5.74) is 12.8. The van der Waals surface area contributed by atoms with Gasteiger partial charge in [0.05, 0.1) is 11.0 Å². The van der Waals surface area contributed by atoms with Crippen molar-refractivity contribution < 1.29 is 9.31 Å². The van der Waals surface area contributed by atoms with Crippen molar-refractivity contribution in [3.05, 3.63) is 75.6 Å². The average Bonchev–Trinajstić information content (AvgIpc) is 2.68. The first-order chi connectivity index (χ1) is 13.8. The Morgan fingerprint density at radius 3 is 2.28 bits per heavy atom. The first-order valence-electron chi connectivity index (χ1n) is 8.86. The maximum atomic E-state index is 14.1. The van der Waals surface area contributed by atoms with E-state index < -0.39 is 4.92 Å². The number of rotatable bonds is 7. The van der Waals surface area contributed by atoms with Gasteiger partial charge in [0, 0.05) is 18.7 Å². The maximum Gasteiger partial charge on any atom is 0.269 e. The Kier molecular flexibility index (Phi) is 5.82. The summed E-state index contributed by atoms with van der Waals surface area (Å²) in [6.45, 7) is 2.25. The molecule has 29 heavy (non-hydrogen) atoms. The van der Waals surface area contributed by atoms with E-state index in [1.165, 1.54) is 18.2 Å². The topological polar surface area (TPSA) is 137 Å². The lowest BCUT2D eigenvalue weighted by Gasteiger charge is -2.30. The number of nitrogen functional groups attached to an aromatic ring is 2. The van der Waals surface area contributed by atoms with Gasteiger partial charge in [-0.2, -0.15) is 15.0 Å². The molecule has 3 rings (SSSR count). The van der Waals surface area contributed by atoms with Crippen molar-refractivity contribution in [2.45, 2.75) is 19.4 Å². The molecular formula is C19H20FN7O2. The van der Waals surface area contributed by atoms with Gasteiger partial charge in [-0.25, -0.2) is 4.39 Å². The van der Waals surface area contributed by atoms with Gasteiger partial charge in [-0.05, 0) is 30.5 Å². The molecule has 0 aliphatic carbocycles. The number of benzene rings is 2. The third kappa shape index (κ3) is 4.72. The van der Waals surface area contributed by atoms with Gasteiger partial charge >= 0.3 is 0 Å². The van der Waals surface area contributed by atoms with Crippen LogP contribution in [-0.4, -0.2) is 26.4 Å². The van der Waals surface area contributed by atoms with Crippen LogP contribution < -0.4 is 16.4 Å². The molecule has 0 saturated heterocycles. The van der Waals surface area contributed by atoms with Crippen LogP contribution in [0.25, 0.3) is 0 Å². The van der Waals surface area contributed by atoms with E-state index in [4.69, 9.17) is 11.5 Å². The number of non-ortho nitro benzene ring substituents is 1. The molecule has 0 radical (unpaired) electrons. The lowest BCUT2D eigenvalue weighted by Crippen LogP contribution is -2.31. The van der Waals surface area contributed by atoms with Gasteiger partial charge in [-0.15, -0.1) is 0 Å². The van der Waals surface area contributed by atoms with E-state index in [1.54, 1.807) is 30.3 Å². The third-order valence-corrected chi connectivity index (χ3v) is 4.55. The average molecular weight is 397 g/mol. The number of nitrogens with zero attached hydrogens (tertiary/aromatic N) is 5. The van der Waals surface area contributed by atoms with Gasteiger partial charge in [0.25, 0.3) is 5.69 Å². The molecule has 150 valence electrons. The van der Waals surface area contributed by atoms with Crippen LogP contribution in [0, 0.1) is 15.9 Å². The van der Waals surface area contributed by atoms with Gasteiger partial charge in [-0.3, -0.25) is 10.1 Å². The van der Waals surface area contributed by atoms with E-state index in [-0.39, 0.29) is 35.4 Å². The summed E-state index contributed by atoms with van der Waals surface area (Å²) < 4.78 is 14.1. The quantitative estimate of drug-likeness (QED) is 0.458. The van der Waals surface area contributed by atoms with Crippen LogP contribution >= 0.6 is 0 Å². The van der Waals surface area contributed by atoms with Crippen LogP contribution in [0.3, 0.4) is 0 Å². The standard InChI is InChI=1S/C19H20FN7O2/c1-12(13-6-8-15(9-7-13)27(28)29)26(19-24-17(21)23-18(22)25-19)11-10-14-4-2-3-5-16(14)20/h2-9,12H,10-11H2,1H3,(H4,21,22,23,24,25)/t12-/m0/s1. The first kappa shape index (κ1) is 19.9. The van der Waals surface area contributed by atoms with Crippen molar-refractivity contribution in [3.63, 3.8) is 0 Å². The van der Waals surface area contributed by atoms with E-state index in [9.17, 15) is 14.5 Å². The fourth-order valence-electron chi connectivity index (χ4n) is 2.99. The van der Waals surface area contributed by atoms with E-state index in [0.29, 0.717) is 18.5 Å². The Morgan fingerprint density at radius 2 is 1.69 bits per heavy atom. The Labute approximate surface area is 166 Å². The molecule has 1 heterocycles. The van der Waals surface area contributed by atoms with Crippen LogP contribution in [-0.2, 0) is 6.42 Å². The zero-order valence-corrected chi connectivity index (χ0v) is 15.7. The predicted molar refractivity (Wildman–Crippen MR) is 108 cm³/mol. The van der Waals surface area contributed by atoms with Crippen molar-refractivity contribution in [2.75, 3.05) is 22.9 Å². The fraction of sp³-hybridized carbons (Fsp3) is 0.211. The predicted octanol–water partition coefficient (Wildman–Crippen LogP) is 2.89. The number of hydrogen-bond donors (Lipinski definition) is 2. The minimum absolute atomic E-state index is 0.00694. The van der Waals surface area contributed by atoms with Crippen molar-refractivity contribution >= 4 is 23.5 Å². The summed E-state index contributed by atoms with van der Waals surface area (Å²) in [6, 6.07) is 12.4. The molecule has 4 N–H and O–H groups in total. The SMILES string of the molecule is C[C@@H](c1ccc([N+](=O)[O-])cc1)N(CCc1ccccc1F)c1nc(N)nc(N)n1.